The van der Waals surface area contributed by atoms with Gasteiger partial charge in [-0.15, -0.1) is 0 Å². The Balaban J connectivity index is 1.92. The maximum absolute atomic E-state index is 12.4. The van der Waals surface area contributed by atoms with Gasteiger partial charge in [0.1, 0.15) is 0 Å². The van der Waals surface area contributed by atoms with Gasteiger partial charge in [0.15, 0.2) is 0 Å². The second-order valence-electron chi connectivity index (χ2n) is 5.26. The normalized spacial score (nSPS) is 18.6. The molecule has 0 aliphatic carbocycles. The number of aromatic nitrogens is 1. The molecule has 126 valence electrons. The van der Waals surface area contributed by atoms with Crippen molar-refractivity contribution in [1.82, 2.24) is 9.88 Å². The van der Waals surface area contributed by atoms with E-state index in [2.05, 4.69) is 4.98 Å². The zero-order valence-corrected chi connectivity index (χ0v) is 12.0. The van der Waals surface area contributed by atoms with Gasteiger partial charge < -0.3 is 14.7 Å². The summed E-state index contributed by atoms with van der Waals surface area (Å²) in [7, 11) is 0. The molecular formula is C14H15F3N2O4. The number of rotatable bonds is 4. The highest BCUT2D eigenvalue weighted by Gasteiger charge is 2.43. The van der Waals surface area contributed by atoms with Crippen LogP contribution < -0.4 is 4.74 Å². The fourth-order valence-corrected chi connectivity index (χ4v) is 2.39. The summed E-state index contributed by atoms with van der Waals surface area (Å²) in [4.78, 5) is 26.7. The highest BCUT2D eigenvalue weighted by Crippen LogP contribution is 2.24. The van der Waals surface area contributed by atoms with E-state index in [0.29, 0.717) is 12.8 Å². The van der Waals surface area contributed by atoms with Crippen molar-refractivity contribution in [3.8, 4) is 5.88 Å². The van der Waals surface area contributed by atoms with E-state index in [-0.39, 0.29) is 37.1 Å². The number of hydrogen-bond donors (Lipinski definition) is 1. The number of alkyl halides is 3. The highest BCUT2D eigenvalue weighted by molar-refractivity contribution is 5.87. The zero-order chi connectivity index (χ0) is 17.0. The molecule has 23 heavy (non-hydrogen) atoms. The Kier molecular flexibility index (Phi) is 5.07. The second kappa shape index (κ2) is 6.84. The predicted octanol–water partition coefficient (Wildman–Crippen LogP) is 1.96. The van der Waals surface area contributed by atoms with E-state index < -0.39 is 18.1 Å². The zero-order valence-electron chi connectivity index (χ0n) is 12.0. The van der Waals surface area contributed by atoms with Crippen molar-refractivity contribution in [3.63, 3.8) is 0 Å². The summed E-state index contributed by atoms with van der Waals surface area (Å²) >= 11 is 0. The third kappa shape index (κ3) is 4.57. The smallest absolute Gasteiger partial charge is 0.471 e. The number of piperidine rings is 1. The average Bonchev–Trinajstić information content (AvgIpc) is 2.52. The van der Waals surface area contributed by atoms with E-state index in [4.69, 9.17) is 9.84 Å². The predicted molar refractivity (Wildman–Crippen MR) is 72.1 cm³/mol. The first kappa shape index (κ1) is 17.0. The summed E-state index contributed by atoms with van der Waals surface area (Å²) in [6.45, 7) is 0.0935. The van der Waals surface area contributed by atoms with Crippen molar-refractivity contribution in [2.75, 3.05) is 19.7 Å². The van der Waals surface area contributed by atoms with Crippen LogP contribution in [0.1, 0.15) is 23.2 Å². The Labute approximate surface area is 129 Å². The Bertz CT molecular complexity index is 592. The van der Waals surface area contributed by atoms with Crippen LogP contribution in [-0.2, 0) is 4.79 Å². The molecule has 0 spiro atoms. The fourth-order valence-electron chi connectivity index (χ4n) is 2.39. The van der Waals surface area contributed by atoms with Crippen molar-refractivity contribution >= 4 is 11.9 Å². The molecule has 9 heteroatoms. The van der Waals surface area contributed by atoms with Crippen molar-refractivity contribution in [2.24, 2.45) is 5.92 Å². The summed E-state index contributed by atoms with van der Waals surface area (Å²) in [5, 5.41) is 8.86. The van der Waals surface area contributed by atoms with Crippen LogP contribution in [0.4, 0.5) is 13.2 Å². The van der Waals surface area contributed by atoms with Crippen LogP contribution in [0.5, 0.6) is 5.88 Å². The summed E-state index contributed by atoms with van der Waals surface area (Å²) < 4.78 is 42.7. The standard InChI is InChI=1S/C14H15F3N2O4/c15-14(16,17)13(22)19-5-1-2-9(7-19)8-23-11-6-10(12(20)21)3-4-18-11/h3-4,6,9H,1-2,5,7-8H2,(H,20,21). The lowest BCUT2D eigenvalue weighted by Gasteiger charge is -2.32. The van der Waals surface area contributed by atoms with Crippen LogP contribution >= 0.6 is 0 Å². The number of pyridine rings is 1. The van der Waals surface area contributed by atoms with Gasteiger partial charge in [-0.3, -0.25) is 4.79 Å². The lowest BCUT2D eigenvalue weighted by Crippen LogP contribution is -2.47. The third-order valence-corrected chi connectivity index (χ3v) is 3.50. The average molecular weight is 332 g/mol. The molecule has 1 aliphatic rings. The minimum atomic E-state index is -4.87. The maximum Gasteiger partial charge on any atom is 0.471 e. The monoisotopic (exact) mass is 332 g/mol. The topological polar surface area (TPSA) is 79.7 Å². The number of carboxylic acid groups (broad SMARTS) is 1. The number of ether oxygens (including phenoxy) is 1. The molecule has 1 aromatic rings. The van der Waals surface area contributed by atoms with E-state index in [9.17, 15) is 22.8 Å². The molecule has 0 saturated carbocycles. The van der Waals surface area contributed by atoms with E-state index in [1.807, 2.05) is 0 Å². The molecule has 1 atom stereocenters. The van der Waals surface area contributed by atoms with Gasteiger partial charge in [0.2, 0.25) is 5.88 Å². The van der Waals surface area contributed by atoms with E-state index in [1.54, 1.807) is 0 Å². The molecule has 1 N–H and O–H groups in total. The van der Waals surface area contributed by atoms with Crippen molar-refractivity contribution in [2.45, 2.75) is 19.0 Å². The number of carbonyl (C=O) groups is 2. The molecule has 1 fully saturated rings. The van der Waals surface area contributed by atoms with Crippen molar-refractivity contribution in [3.05, 3.63) is 23.9 Å². The van der Waals surface area contributed by atoms with Crippen LogP contribution in [0.2, 0.25) is 0 Å². The molecule has 1 aromatic heterocycles. The van der Waals surface area contributed by atoms with E-state index >= 15 is 0 Å². The van der Waals surface area contributed by atoms with Gasteiger partial charge in [-0.05, 0) is 18.9 Å². The molecule has 1 aliphatic heterocycles. The molecule has 1 saturated heterocycles. The van der Waals surface area contributed by atoms with Crippen LogP contribution in [0.3, 0.4) is 0 Å². The second-order valence-corrected chi connectivity index (χ2v) is 5.26. The van der Waals surface area contributed by atoms with Gasteiger partial charge in [-0.2, -0.15) is 13.2 Å². The van der Waals surface area contributed by atoms with Gasteiger partial charge in [0, 0.05) is 31.3 Å². The maximum atomic E-state index is 12.4. The quantitative estimate of drug-likeness (QED) is 0.912. The molecule has 1 unspecified atom stereocenters. The summed E-state index contributed by atoms with van der Waals surface area (Å²) in [5.74, 6) is -3.14. The Hall–Kier alpha value is -2.32. The minimum absolute atomic E-state index is 0.00696. The lowest BCUT2D eigenvalue weighted by atomic mass is 9.99. The lowest BCUT2D eigenvalue weighted by molar-refractivity contribution is -0.187. The summed E-state index contributed by atoms with van der Waals surface area (Å²) in [6, 6.07) is 2.54. The number of aromatic carboxylic acids is 1. The number of carbonyl (C=O) groups excluding carboxylic acids is 1. The largest absolute Gasteiger partial charge is 0.478 e. The van der Waals surface area contributed by atoms with E-state index in [1.165, 1.54) is 18.3 Å². The van der Waals surface area contributed by atoms with Crippen LogP contribution in [0.15, 0.2) is 18.3 Å². The Morgan fingerprint density at radius 1 is 1.43 bits per heavy atom. The minimum Gasteiger partial charge on any atom is -0.478 e. The molecule has 2 rings (SSSR count). The molecule has 0 bridgehead atoms. The summed E-state index contributed by atoms with van der Waals surface area (Å²) in [5.41, 5.74) is 0.00696. The van der Waals surface area contributed by atoms with Crippen molar-refractivity contribution in [1.29, 1.82) is 0 Å². The Morgan fingerprint density at radius 2 is 2.17 bits per heavy atom. The first-order chi connectivity index (χ1) is 10.8. The van der Waals surface area contributed by atoms with Gasteiger partial charge in [0.25, 0.3) is 0 Å². The van der Waals surface area contributed by atoms with Crippen molar-refractivity contribution < 1.29 is 32.6 Å². The van der Waals surface area contributed by atoms with Crippen LogP contribution in [0.25, 0.3) is 0 Å². The van der Waals surface area contributed by atoms with Crippen LogP contribution in [-0.4, -0.2) is 52.7 Å². The van der Waals surface area contributed by atoms with Gasteiger partial charge in [-0.1, -0.05) is 0 Å². The number of amides is 1. The van der Waals surface area contributed by atoms with Gasteiger partial charge in [0.05, 0.1) is 12.2 Å². The number of carboxylic acids is 1. The molecule has 0 aromatic carbocycles. The number of nitrogens with zero attached hydrogens (tertiary/aromatic N) is 2. The third-order valence-electron chi connectivity index (χ3n) is 3.50. The SMILES string of the molecule is O=C(O)c1ccnc(OCC2CCCN(C(=O)C(F)(F)F)C2)c1. The molecule has 0 radical (unpaired) electrons. The molecule has 1 amide bonds. The molecule has 2 heterocycles. The number of halogens is 3. The van der Waals surface area contributed by atoms with Gasteiger partial charge >= 0.3 is 18.1 Å². The van der Waals surface area contributed by atoms with Crippen LogP contribution in [0, 0.1) is 5.92 Å². The molecule has 6 nitrogen and oxygen atoms in total. The van der Waals surface area contributed by atoms with E-state index in [0.717, 1.165) is 4.90 Å². The fraction of sp³-hybridized carbons (Fsp3) is 0.500. The first-order valence-electron chi connectivity index (χ1n) is 6.95. The summed E-state index contributed by atoms with van der Waals surface area (Å²) in [6.07, 6.45) is -2.52. The molecular weight excluding hydrogens is 317 g/mol. The van der Waals surface area contributed by atoms with Gasteiger partial charge in [-0.25, -0.2) is 9.78 Å². The number of likely N-dealkylation sites (tertiary alicyclic amines) is 1. The highest BCUT2D eigenvalue weighted by atomic mass is 19.4. The first-order valence-corrected chi connectivity index (χ1v) is 6.95. The number of hydrogen-bond acceptors (Lipinski definition) is 4. The Morgan fingerprint density at radius 3 is 2.83 bits per heavy atom.